The fourth-order valence-electron chi connectivity index (χ4n) is 0.437. The van der Waals surface area contributed by atoms with E-state index < -0.39 is 0 Å². The van der Waals surface area contributed by atoms with Gasteiger partial charge in [-0.1, -0.05) is 0 Å². The van der Waals surface area contributed by atoms with Gasteiger partial charge in [-0.25, -0.2) is 5.48 Å². The van der Waals surface area contributed by atoms with E-state index in [-0.39, 0.29) is 18.3 Å². The van der Waals surface area contributed by atoms with Crippen molar-refractivity contribution in [3.8, 4) is 0 Å². The lowest BCUT2D eigenvalue weighted by atomic mass is 10.4. The minimum absolute atomic E-state index is 0.116. The average molecular weight is 147 g/mol. The predicted octanol–water partition coefficient (Wildman–Crippen LogP) is -0.397. The molecule has 0 aromatic heterocycles. The summed E-state index contributed by atoms with van der Waals surface area (Å²) in [5.74, 6) is -0.120. The molecule has 1 fully saturated rings. The van der Waals surface area contributed by atoms with Crippen molar-refractivity contribution in [1.82, 2.24) is 5.48 Å². The molecule has 0 unspecified atom stereocenters. The molecule has 1 rings (SSSR count). The zero-order chi connectivity index (χ0) is 7.98. The Hall–Kier alpha value is -1.10. The number of rotatable bonds is 1. The molecule has 5 heteroatoms. The molecule has 1 amide bonds. The predicted molar refractivity (Wildman–Crippen MR) is 31.3 cm³/mol. The molecule has 3 N–H and O–H groups in total. The molecule has 1 saturated carbocycles. The highest BCUT2D eigenvalue weighted by Crippen LogP contribution is 2.28. The Morgan fingerprint density at radius 1 is 1.60 bits per heavy atom. The van der Waals surface area contributed by atoms with Gasteiger partial charge in [0.05, 0.1) is 0 Å². The SMILES string of the molecule is O=C(NO)C1CC1.O=CO. The smallest absolute Gasteiger partial charge is 0.290 e. The highest BCUT2D eigenvalue weighted by molar-refractivity contribution is 5.79. The Bertz CT molecular complexity index is 121. The molecule has 0 radical (unpaired) electrons. The van der Waals surface area contributed by atoms with Crippen molar-refractivity contribution in [1.29, 1.82) is 0 Å². The topological polar surface area (TPSA) is 86.6 Å². The van der Waals surface area contributed by atoms with Crippen molar-refractivity contribution in [2.75, 3.05) is 0 Å². The maximum Gasteiger partial charge on any atom is 0.290 e. The molecule has 0 aliphatic heterocycles. The van der Waals surface area contributed by atoms with E-state index in [0.29, 0.717) is 0 Å². The molecule has 1 aliphatic rings. The Labute approximate surface area is 57.6 Å². The van der Waals surface area contributed by atoms with Gasteiger partial charge >= 0.3 is 0 Å². The summed E-state index contributed by atoms with van der Waals surface area (Å²) in [6.45, 7) is -0.250. The monoisotopic (exact) mass is 147 g/mol. The number of hydrogen-bond acceptors (Lipinski definition) is 3. The van der Waals surface area contributed by atoms with E-state index in [2.05, 4.69) is 0 Å². The van der Waals surface area contributed by atoms with Crippen LogP contribution in [0.15, 0.2) is 0 Å². The Balaban J connectivity index is 0.000000236. The standard InChI is InChI=1S/C4H7NO2.CH2O2/c6-4(5-7)3-1-2-3;2-1-3/h3,7H,1-2H2,(H,5,6);1H,(H,2,3). The van der Waals surface area contributed by atoms with E-state index in [9.17, 15) is 4.79 Å². The summed E-state index contributed by atoms with van der Waals surface area (Å²) in [6, 6.07) is 0. The van der Waals surface area contributed by atoms with Crippen LogP contribution in [0.2, 0.25) is 0 Å². The lowest BCUT2D eigenvalue weighted by Crippen LogP contribution is -2.19. The van der Waals surface area contributed by atoms with Crippen molar-refractivity contribution < 1.29 is 19.9 Å². The van der Waals surface area contributed by atoms with Crippen LogP contribution >= 0.6 is 0 Å². The first-order chi connectivity index (χ1) is 4.76. The lowest BCUT2D eigenvalue weighted by Gasteiger charge is -1.88. The quantitative estimate of drug-likeness (QED) is 0.267. The average Bonchev–Trinajstić information content (AvgIpc) is 2.69. The molecule has 0 aromatic carbocycles. The largest absolute Gasteiger partial charge is 0.483 e. The highest BCUT2D eigenvalue weighted by atomic mass is 16.5. The van der Waals surface area contributed by atoms with Crippen LogP contribution in [-0.2, 0) is 9.59 Å². The van der Waals surface area contributed by atoms with Crippen LogP contribution in [0.5, 0.6) is 0 Å². The van der Waals surface area contributed by atoms with Gasteiger partial charge in [0.25, 0.3) is 6.47 Å². The molecular weight excluding hydrogens is 138 g/mol. The summed E-state index contributed by atoms with van der Waals surface area (Å²) >= 11 is 0. The van der Waals surface area contributed by atoms with Crippen LogP contribution in [0.1, 0.15) is 12.8 Å². The Morgan fingerprint density at radius 3 is 2.10 bits per heavy atom. The summed E-state index contributed by atoms with van der Waals surface area (Å²) in [5.41, 5.74) is 1.59. The molecule has 58 valence electrons. The van der Waals surface area contributed by atoms with Crippen LogP contribution in [0.25, 0.3) is 0 Å². The van der Waals surface area contributed by atoms with Crippen molar-refractivity contribution in [3.63, 3.8) is 0 Å². The number of amides is 1. The molecule has 0 spiro atoms. The second kappa shape index (κ2) is 4.75. The molecule has 0 heterocycles. The van der Waals surface area contributed by atoms with Gasteiger partial charge < -0.3 is 5.11 Å². The van der Waals surface area contributed by atoms with E-state index in [4.69, 9.17) is 15.1 Å². The molecule has 5 nitrogen and oxygen atoms in total. The summed E-state index contributed by atoms with van der Waals surface area (Å²) in [6.07, 6.45) is 1.87. The van der Waals surface area contributed by atoms with Crippen LogP contribution in [0, 0.1) is 5.92 Å². The molecule has 1 aliphatic carbocycles. The first kappa shape index (κ1) is 8.90. The number of hydroxylamine groups is 1. The third kappa shape index (κ3) is 3.85. The van der Waals surface area contributed by atoms with Gasteiger partial charge in [-0.05, 0) is 12.8 Å². The maximum atomic E-state index is 10.2. The number of nitrogens with one attached hydrogen (secondary N) is 1. The molecular formula is C5H9NO4. The summed E-state index contributed by atoms with van der Waals surface area (Å²) in [5, 5.41) is 14.8. The zero-order valence-electron chi connectivity index (χ0n) is 5.28. The molecule has 0 aromatic rings. The van der Waals surface area contributed by atoms with Crippen LogP contribution in [-0.4, -0.2) is 22.7 Å². The molecule has 0 bridgehead atoms. The van der Waals surface area contributed by atoms with Gasteiger partial charge in [-0.2, -0.15) is 0 Å². The number of carbonyl (C=O) groups excluding carboxylic acids is 1. The van der Waals surface area contributed by atoms with Gasteiger partial charge in [0, 0.05) is 5.92 Å². The van der Waals surface area contributed by atoms with E-state index >= 15 is 0 Å². The number of carboxylic acid groups (broad SMARTS) is 1. The van der Waals surface area contributed by atoms with Crippen molar-refractivity contribution in [2.24, 2.45) is 5.92 Å². The Kier molecular flexibility index (Phi) is 4.23. The number of hydrogen-bond donors (Lipinski definition) is 3. The lowest BCUT2D eigenvalue weighted by molar-refractivity contribution is -0.130. The van der Waals surface area contributed by atoms with Crippen molar-refractivity contribution in [3.05, 3.63) is 0 Å². The fourth-order valence-corrected chi connectivity index (χ4v) is 0.437. The second-order valence-corrected chi connectivity index (χ2v) is 1.86. The third-order valence-electron chi connectivity index (χ3n) is 1.06. The molecule has 10 heavy (non-hydrogen) atoms. The first-order valence-corrected chi connectivity index (χ1v) is 2.78. The van der Waals surface area contributed by atoms with Gasteiger partial charge in [0.15, 0.2) is 0 Å². The van der Waals surface area contributed by atoms with E-state index in [1.807, 2.05) is 0 Å². The van der Waals surface area contributed by atoms with Gasteiger partial charge in [0.2, 0.25) is 5.91 Å². The van der Waals surface area contributed by atoms with Gasteiger partial charge in [0.1, 0.15) is 0 Å². The van der Waals surface area contributed by atoms with Crippen LogP contribution in [0.3, 0.4) is 0 Å². The fraction of sp³-hybridized carbons (Fsp3) is 0.600. The normalized spacial score (nSPS) is 14.5. The van der Waals surface area contributed by atoms with Gasteiger partial charge in [-0.3, -0.25) is 14.8 Å². The summed E-state index contributed by atoms with van der Waals surface area (Å²) in [7, 11) is 0. The van der Waals surface area contributed by atoms with E-state index in [1.165, 1.54) is 0 Å². The summed E-state index contributed by atoms with van der Waals surface area (Å²) in [4.78, 5) is 18.6. The van der Waals surface area contributed by atoms with E-state index in [1.54, 1.807) is 5.48 Å². The third-order valence-corrected chi connectivity index (χ3v) is 1.06. The second-order valence-electron chi connectivity index (χ2n) is 1.86. The van der Waals surface area contributed by atoms with E-state index in [0.717, 1.165) is 12.8 Å². The van der Waals surface area contributed by atoms with Gasteiger partial charge in [-0.15, -0.1) is 0 Å². The minimum Gasteiger partial charge on any atom is -0.483 e. The summed E-state index contributed by atoms with van der Waals surface area (Å²) < 4.78 is 0. The zero-order valence-corrected chi connectivity index (χ0v) is 5.28. The molecule has 0 saturated heterocycles. The number of carbonyl (C=O) groups is 2. The maximum absolute atomic E-state index is 10.2. The van der Waals surface area contributed by atoms with Crippen LogP contribution in [0.4, 0.5) is 0 Å². The van der Waals surface area contributed by atoms with Crippen molar-refractivity contribution in [2.45, 2.75) is 12.8 Å². The minimum atomic E-state index is -0.250. The van der Waals surface area contributed by atoms with Crippen LogP contribution < -0.4 is 5.48 Å². The highest BCUT2D eigenvalue weighted by Gasteiger charge is 2.28. The van der Waals surface area contributed by atoms with Crippen molar-refractivity contribution >= 4 is 12.4 Å². The Morgan fingerprint density at radius 2 is 2.00 bits per heavy atom. The first-order valence-electron chi connectivity index (χ1n) is 2.78. The molecule has 0 atom stereocenters.